The van der Waals surface area contributed by atoms with E-state index in [1.165, 1.54) is 6.92 Å². The Balaban J connectivity index is 1.56. The highest BCUT2D eigenvalue weighted by Crippen LogP contribution is 2.55. The molecule has 0 radical (unpaired) electrons. The van der Waals surface area contributed by atoms with Crippen LogP contribution in [0, 0.1) is 11.8 Å². The Hall–Kier alpha value is -4.63. The molecule has 2 aromatic carbocycles. The highest BCUT2D eigenvalue weighted by molar-refractivity contribution is 5.98. The van der Waals surface area contributed by atoms with Crippen LogP contribution in [0.3, 0.4) is 0 Å². The monoisotopic (exact) mass is 726 g/mol. The van der Waals surface area contributed by atoms with Gasteiger partial charge in [-0.15, -0.1) is 0 Å². The summed E-state index contributed by atoms with van der Waals surface area (Å²) in [5.41, 5.74) is -5.29. The number of allylic oxidation sites excluding steroid dienone is 2. The number of carbonyl (C=O) groups excluding carboxylic acids is 2. The molecule has 2 aromatic rings. The van der Waals surface area contributed by atoms with Crippen molar-refractivity contribution in [3.8, 4) is 0 Å². The fourth-order valence-corrected chi connectivity index (χ4v) is 7.07. The molecule has 0 aromatic heterocycles. The minimum absolute atomic E-state index is 0.0334. The molecule has 0 saturated carbocycles. The van der Waals surface area contributed by atoms with Crippen molar-refractivity contribution in [1.29, 1.82) is 0 Å². The zero-order valence-corrected chi connectivity index (χ0v) is 29.3. The highest BCUT2D eigenvalue weighted by Gasteiger charge is 2.85. The third-order valence-electron chi connectivity index (χ3n) is 9.61. The first-order chi connectivity index (χ1) is 24.6. The molecule has 0 aliphatic carbocycles. The Kier molecular flexibility index (Phi) is 13.0. The summed E-state index contributed by atoms with van der Waals surface area (Å²) in [5, 5.41) is 53.6. The molecule has 282 valence electrons. The van der Waals surface area contributed by atoms with Gasteiger partial charge in [-0.3, -0.25) is 9.59 Å². The summed E-state index contributed by atoms with van der Waals surface area (Å²) in [7, 11) is 0. The molecule has 9 atom stereocenters. The van der Waals surface area contributed by atoms with E-state index in [0.29, 0.717) is 6.42 Å². The minimum Gasteiger partial charge on any atom is -0.479 e. The standard InChI is InChI=1S/C38H46O14/c1-23(21-26-14-6-4-7-15-26)13-10-11-19-29(40)50-31-30(41)36(51-32(33(42)43)37(48,34(44)45)38(31,52-36)35(46)47)20-12-18-28(49-25(3)39)24(2)22-27-16-8-5-9-17-27/h4-10,13-17,23-24,28,30-32,41,48H,11-12,18-22H2,1-3H3,(H,42,43)(H,44,45)(H,46,47)/b13-10+/t23-,24+,28+,30+,31+,32+,36-,37+,38-/m0/s1. The quantitative estimate of drug-likeness (QED) is 0.110. The molecule has 2 aliphatic heterocycles. The number of carboxylic acids is 3. The molecule has 0 spiro atoms. The number of hydrogen-bond acceptors (Lipinski definition) is 11. The van der Waals surface area contributed by atoms with E-state index in [-0.39, 0.29) is 37.5 Å². The molecule has 2 saturated heterocycles. The molecule has 2 bridgehead atoms. The second kappa shape index (κ2) is 16.8. The van der Waals surface area contributed by atoms with Crippen LogP contribution < -0.4 is 0 Å². The van der Waals surface area contributed by atoms with Crippen molar-refractivity contribution in [2.45, 2.75) is 107 Å². The molecule has 14 heteroatoms. The molecular formula is C38H46O14. The first-order valence-electron chi connectivity index (χ1n) is 17.2. The van der Waals surface area contributed by atoms with Crippen LogP contribution in [-0.4, -0.2) is 96.8 Å². The smallest absolute Gasteiger partial charge is 0.344 e. The second-order valence-electron chi connectivity index (χ2n) is 13.6. The van der Waals surface area contributed by atoms with Crippen molar-refractivity contribution in [3.63, 3.8) is 0 Å². The molecule has 2 fully saturated rings. The number of aliphatic carboxylic acids is 3. The summed E-state index contributed by atoms with van der Waals surface area (Å²) >= 11 is 0. The minimum atomic E-state index is -3.87. The zero-order chi connectivity index (χ0) is 38.3. The summed E-state index contributed by atoms with van der Waals surface area (Å²) in [6.07, 6.45) is -3.88. The summed E-state index contributed by atoms with van der Waals surface area (Å²) < 4.78 is 22.2. The van der Waals surface area contributed by atoms with E-state index in [2.05, 4.69) is 0 Å². The van der Waals surface area contributed by atoms with Gasteiger partial charge >= 0.3 is 29.8 Å². The van der Waals surface area contributed by atoms with Gasteiger partial charge in [0.1, 0.15) is 12.2 Å². The number of esters is 2. The molecule has 2 aliphatic rings. The van der Waals surface area contributed by atoms with E-state index in [4.69, 9.17) is 18.9 Å². The number of hydrogen-bond donors (Lipinski definition) is 5. The van der Waals surface area contributed by atoms with Crippen LogP contribution in [0.1, 0.15) is 64.0 Å². The Morgan fingerprint density at radius 2 is 1.50 bits per heavy atom. The highest BCUT2D eigenvalue weighted by atomic mass is 16.8. The lowest BCUT2D eigenvalue weighted by molar-refractivity contribution is -0.374. The summed E-state index contributed by atoms with van der Waals surface area (Å²) in [6.45, 7) is 5.07. The zero-order valence-electron chi connectivity index (χ0n) is 29.3. The maximum absolute atomic E-state index is 13.1. The molecule has 4 rings (SSSR count). The topological polar surface area (TPSA) is 223 Å². The van der Waals surface area contributed by atoms with Crippen LogP contribution in [0.5, 0.6) is 0 Å². The molecule has 14 nitrogen and oxygen atoms in total. The van der Waals surface area contributed by atoms with E-state index < -0.39 is 77.7 Å². The lowest BCUT2D eigenvalue weighted by atomic mass is 9.74. The van der Waals surface area contributed by atoms with Gasteiger partial charge in [0, 0.05) is 19.8 Å². The van der Waals surface area contributed by atoms with Gasteiger partial charge < -0.3 is 44.5 Å². The van der Waals surface area contributed by atoms with Gasteiger partial charge in [0.2, 0.25) is 23.1 Å². The maximum atomic E-state index is 13.1. The van der Waals surface area contributed by atoms with Crippen molar-refractivity contribution < 1.29 is 68.5 Å². The van der Waals surface area contributed by atoms with Crippen LogP contribution in [0.25, 0.3) is 0 Å². The number of aliphatic hydroxyl groups excluding tert-OH is 1. The van der Waals surface area contributed by atoms with Crippen molar-refractivity contribution in [1.82, 2.24) is 0 Å². The number of fused-ring (bicyclic) bond motifs is 2. The third-order valence-corrected chi connectivity index (χ3v) is 9.61. The van der Waals surface area contributed by atoms with Crippen LogP contribution in [0.15, 0.2) is 72.8 Å². The van der Waals surface area contributed by atoms with E-state index in [0.717, 1.165) is 17.5 Å². The number of benzene rings is 2. The first-order valence-corrected chi connectivity index (χ1v) is 17.2. The lowest BCUT2D eigenvalue weighted by Gasteiger charge is -2.48. The number of carbonyl (C=O) groups is 5. The Morgan fingerprint density at radius 3 is 2.04 bits per heavy atom. The largest absolute Gasteiger partial charge is 0.479 e. The van der Waals surface area contributed by atoms with Gasteiger partial charge in [0.25, 0.3) is 0 Å². The van der Waals surface area contributed by atoms with Crippen molar-refractivity contribution >= 4 is 29.8 Å². The fraction of sp³-hybridized carbons (Fsp3) is 0.500. The second-order valence-corrected chi connectivity index (χ2v) is 13.6. The van der Waals surface area contributed by atoms with Crippen molar-refractivity contribution in [2.24, 2.45) is 11.8 Å². The van der Waals surface area contributed by atoms with Crippen molar-refractivity contribution in [2.75, 3.05) is 0 Å². The fourth-order valence-electron chi connectivity index (χ4n) is 7.07. The summed E-state index contributed by atoms with van der Waals surface area (Å²) in [6, 6.07) is 19.1. The predicted molar refractivity (Wildman–Crippen MR) is 182 cm³/mol. The van der Waals surface area contributed by atoms with Crippen molar-refractivity contribution in [3.05, 3.63) is 83.9 Å². The average molecular weight is 727 g/mol. The molecule has 5 N–H and O–H groups in total. The van der Waals surface area contributed by atoms with Crippen LogP contribution >= 0.6 is 0 Å². The van der Waals surface area contributed by atoms with Crippen LogP contribution in [0.2, 0.25) is 0 Å². The van der Waals surface area contributed by atoms with Gasteiger partial charge in [-0.05, 0) is 55.1 Å². The Labute approximate surface area is 301 Å². The Morgan fingerprint density at radius 1 is 0.904 bits per heavy atom. The number of aliphatic hydroxyl groups is 2. The van der Waals surface area contributed by atoms with Crippen LogP contribution in [-0.2, 0) is 55.8 Å². The molecule has 2 heterocycles. The predicted octanol–water partition coefficient (Wildman–Crippen LogP) is 3.30. The molecule has 0 unspecified atom stereocenters. The van der Waals surface area contributed by atoms with E-state index >= 15 is 0 Å². The van der Waals surface area contributed by atoms with Gasteiger partial charge in [0.05, 0.1) is 0 Å². The van der Waals surface area contributed by atoms with E-state index in [1.54, 1.807) is 6.08 Å². The van der Waals surface area contributed by atoms with Gasteiger partial charge in [-0.25, -0.2) is 14.4 Å². The Bertz CT molecular complexity index is 1610. The number of carboxylic acid groups (broad SMARTS) is 3. The van der Waals surface area contributed by atoms with Gasteiger partial charge in [-0.2, -0.15) is 0 Å². The number of ether oxygens (including phenoxy) is 4. The molecule has 0 amide bonds. The maximum Gasteiger partial charge on any atom is 0.344 e. The number of rotatable bonds is 18. The molecular weight excluding hydrogens is 680 g/mol. The summed E-state index contributed by atoms with van der Waals surface area (Å²) in [5.74, 6) is -10.9. The normalized spacial score (nSPS) is 28.4. The molecule has 52 heavy (non-hydrogen) atoms. The first kappa shape index (κ1) is 40.1. The van der Waals surface area contributed by atoms with Crippen LogP contribution in [0.4, 0.5) is 0 Å². The van der Waals surface area contributed by atoms with Gasteiger partial charge in [-0.1, -0.05) is 86.7 Å². The van der Waals surface area contributed by atoms with Gasteiger partial charge in [0.15, 0.2) is 6.10 Å². The average Bonchev–Trinajstić information content (AvgIpc) is 3.30. The third kappa shape index (κ3) is 8.36. The van der Waals surface area contributed by atoms with E-state index in [9.17, 15) is 49.5 Å². The SMILES string of the molecule is CC(=O)O[C@H](CCC[C@]12O[C@H](C(=O)O)[C@@](O)(C(=O)O)[C@](C(=O)O)(O1)[C@H](OC(=O)CC/C=C/[C@H](C)Cc1ccccc1)[C@H]2O)[C@H](C)Cc1ccccc1. The van der Waals surface area contributed by atoms with E-state index in [1.807, 2.05) is 80.6 Å². The summed E-state index contributed by atoms with van der Waals surface area (Å²) in [4.78, 5) is 63.0. The lowest BCUT2D eigenvalue weighted by Crippen LogP contribution is -2.78.